The Morgan fingerprint density at radius 2 is 1.59 bits per heavy atom. The number of rotatable bonds is 5. The van der Waals surface area contributed by atoms with Gasteiger partial charge >= 0.3 is 6.03 Å². The van der Waals surface area contributed by atoms with Gasteiger partial charge in [-0.25, -0.2) is 9.18 Å². The Labute approximate surface area is 169 Å². The van der Waals surface area contributed by atoms with Gasteiger partial charge in [0, 0.05) is 32.6 Å². The first-order valence-electron chi connectivity index (χ1n) is 9.94. The second kappa shape index (κ2) is 7.66. The summed E-state index contributed by atoms with van der Waals surface area (Å²) < 4.78 is 41.9. The van der Waals surface area contributed by atoms with Gasteiger partial charge in [0.15, 0.2) is 0 Å². The Kier molecular flexibility index (Phi) is 5.34. The van der Waals surface area contributed by atoms with E-state index in [1.165, 1.54) is 20.7 Å². The van der Waals surface area contributed by atoms with E-state index in [0.29, 0.717) is 39.0 Å². The molecule has 3 heterocycles. The van der Waals surface area contributed by atoms with Gasteiger partial charge in [-0.2, -0.15) is 17.0 Å². The Hall–Kier alpha value is -2.04. The van der Waals surface area contributed by atoms with Gasteiger partial charge in [-0.1, -0.05) is 12.1 Å². The summed E-state index contributed by atoms with van der Waals surface area (Å²) in [4.78, 5) is 24.7. The number of urea groups is 1. The van der Waals surface area contributed by atoms with Crippen LogP contribution in [-0.4, -0.2) is 60.7 Å². The highest BCUT2D eigenvalue weighted by molar-refractivity contribution is 7.86. The number of halogens is 1. The molecule has 0 saturated carbocycles. The predicted octanol–water partition coefficient (Wildman–Crippen LogP) is 0.999. The van der Waals surface area contributed by atoms with E-state index < -0.39 is 27.7 Å². The third-order valence-electron chi connectivity index (χ3n) is 6.23. The van der Waals surface area contributed by atoms with Gasteiger partial charge in [-0.3, -0.25) is 10.1 Å². The quantitative estimate of drug-likeness (QED) is 0.689. The van der Waals surface area contributed by atoms with Crippen LogP contribution in [0, 0.1) is 11.7 Å². The Bertz CT molecular complexity index is 893. The number of piperidine rings is 1. The molecular weight excluding hydrogens is 399 g/mol. The summed E-state index contributed by atoms with van der Waals surface area (Å²) in [6.45, 7) is 1.71. The van der Waals surface area contributed by atoms with Crippen LogP contribution in [0.3, 0.4) is 0 Å². The Balaban J connectivity index is 1.52. The van der Waals surface area contributed by atoms with Crippen LogP contribution >= 0.6 is 0 Å². The molecule has 0 bridgehead atoms. The standard InChI is InChI=1S/C19H25FN4O4S/c20-16-5-3-14(4-6-16)13-19(17(25)21-18(26)22-19)15-7-11-24(12-8-15)29(27,28)23-9-1-2-10-23/h3-6,15H,1-2,7-13H2,(H2,21,22,25,26). The van der Waals surface area contributed by atoms with Gasteiger partial charge in [-0.15, -0.1) is 0 Å². The van der Waals surface area contributed by atoms with E-state index in [2.05, 4.69) is 10.6 Å². The third-order valence-corrected chi connectivity index (χ3v) is 8.27. The lowest BCUT2D eigenvalue weighted by Crippen LogP contribution is -2.58. The highest BCUT2D eigenvalue weighted by Gasteiger charge is 2.53. The van der Waals surface area contributed by atoms with Crippen LogP contribution in [0.4, 0.5) is 9.18 Å². The molecule has 3 aliphatic rings. The fraction of sp³-hybridized carbons (Fsp3) is 0.579. The van der Waals surface area contributed by atoms with Crippen molar-refractivity contribution >= 4 is 22.1 Å². The maximum atomic E-state index is 13.3. The number of hydrogen-bond donors (Lipinski definition) is 2. The second-order valence-corrected chi connectivity index (χ2v) is 9.90. The van der Waals surface area contributed by atoms with Gasteiger partial charge in [0.2, 0.25) is 0 Å². The molecule has 1 unspecified atom stereocenters. The van der Waals surface area contributed by atoms with Crippen LogP contribution < -0.4 is 10.6 Å². The summed E-state index contributed by atoms with van der Waals surface area (Å²) in [5, 5.41) is 5.11. The molecule has 0 aromatic heterocycles. The van der Waals surface area contributed by atoms with Crippen LogP contribution in [-0.2, 0) is 21.4 Å². The zero-order chi connectivity index (χ0) is 20.6. The minimum atomic E-state index is -3.48. The van der Waals surface area contributed by atoms with Crippen LogP contribution in [0.2, 0.25) is 0 Å². The van der Waals surface area contributed by atoms with Crippen molar-refractivity contribution in [3.05, 3.63) is 35.6 Å². The highest BCUT2D eigenvalue weighted by atomic mass is 32.2. The number of carbonyl (C=O) groups excluding carboxylic acids is 2. The van der Waals surface area contributed by atoms with E-state index in [4.69, 9.17) is 0 Å². The number of benzene rings is 1. The van der Waals surface area contributed by atoms with Crippen molar-refractivity contribution in [2.75, 3.05) is 26.2 Å². The van der Waals surface area contributed by atoms with Gasteiger partial charge in [0.25, 0.3) is 16.1 Å². The molecule has 3 amide bonds. The van der Waals surface area contributed by atoms with E-state index in [9.17, 15) is 22.4 Å². The molecule has 1 atom stereocenters. The second-order valence-electron chi connectivity index (χ2n) is 7.97. The average Bonchev–Trinajstić information content (AvgIpc) is 3.33. The van der Waals surface area contributed by atoms with Crippen molar-refractivity contribution in [2.24, 2.45) is 5.92 Å². The SMILES string of the molecule is O=C1NC(=O)C(Cc2ccc(F)cc2)(C2CCN(S(=O)(=O)N3CCCC3)CC2)N1. The highest BCUT2D eigenvalue weighted by Crippen LogP contribution is 2.35. The number of carbonyl (C=O) groups is 2. The molecule has 158 valence electrons. The molecule has 4 rings (SSSR count). The van der Waals surface area contributed by atoms with Gasteiger partial charge in [-0.05, 0) is 49.3 Å². The molecule has 1 aromatic carbocycles. The van der Waals surface area contributed by atoms with E-state index >= 15 is 0 Å². The summed E-state index contributed by atoms with van der Waals surface area (Å²) in [7, 11) is -3.48. The van der Waals surface area contributed by atoms with E-state index in [1.54, 1.807) is 12.1 Å². The van der Waals surface area contributed by atoms with Crippen molar-refractivity contribution in [1.82, 2.24) is 19.2 Å². The lowest BCUT2D eigenvalue weighted by molar-refractivity contribution is -0.126. The number of imide groups is 1. The molecule has 3 fully saturated rings. The number of amides is 3. The van der Waals surface area contributed by atoms with E-state index in [1.807, 2.05) is 0 Å². The van der Waals surface area contributed by atoms with Crippen LogP contribution in [0.1, 0.15) is 31.2 Å². The smallest absolute Gasteiger partial charge is 0.322 e. The van der Waals surface area contributed by atoms with Crippen molar-refractivity contribution in [3.63, 3.8) is 0 Å². The van der Waals surface area contributed by atoms with Gasteiger partial charge in [0.1, 0.15) is 11.4 Å². The van der Waals surface area contributed by atoms with E-state index in [0.717, 1.165) is 18.4 Å². The van der Waals surface area contributed by atoms with Crippen molar-refractivity contribution < 1.29 is 22.4 Å². The van der Waals surface area contributed by atoms with Crippen LogP contribution in [0.5, 0.6) is 0 Å². The van der Waals surface area contributed by atoms with Crippen molar-refractivity contribution in [2.45, 2.75) is 37.6 Å². The zero-order valence-corrected chi connectivity index (χ0v) is 16.9. The fourth-order valence-corrected chi connectivity index (χ4v) is 6.37. The average molecular weight is 424 g/mol. The molecule has 0 radical (unpaired) electrons. The molecule has 1 aromatic rings. The Morgan fingerprint density at radius 3 is 2.14 bits per heavy atom. The number of nitrogens with zero attached hydrogens (tertiary/aromatic N) is 2. The molecule has 8 nitrogen and oxygen atoms in total. The third kappa shape index (κ3) is 3.76. The van der Waals surface area contributed by atoms with Crippen molar-refractivity contribution in [3.8, 4) is 0 Å². The van der Waals surface area contributed by atoms with E-state index in [-0.39, 0.29) is 18.2 Å². The molecule has 0 aliphatic carbocycles. The summed E-state index contributed by atoms with van der Waals surface area (Å²) in [5.41, 5.74) is -0.422. The topological polar surface area (TPSA) is 98.8 Å². The molecule has 3 aliphatic heterocycles. The number of nitrogens with one attached hydrogen (secondary N) is 2. The molecular formula is C19H25FN4O4S. The summed E-state index contributed by atoms with van der Waals surface area (Å²) in [6, 6.07) is 5.29. The molecule has 29 heavy (non-hydrogen) atoms. The van der Waals surface area contributed by atoms with Gasteiger partial charge in [0.05, 0.1) is 0 Å². The summed E-state index contributed by atoms with van der Waals surface area (Å²) >= 11 is 0. The molecule has 3 saturated heterocycles. The van der Waals surface area contributed by atoms with Crippen LogP contribution in [0.25, 0.3) is 0 Å². The fourth-order valence-electron chi connectivity index (χ4n) is 4.65. The van der Waals surface area contributed by atoms with Crippen LogP contribution in [0.15, 0.2) is 24.3 Å². The lowest BCUT2D eigenvalue weighted by Gasteiger charge is -2.41. The predicted molar refractivity (Wildman–Crippen MR) is 104 cm³/mol. The minimum absolute atomic E-state index is 0.218. The first-order chi connectivity index (χ1) is 13.8. The van der Waals surface area contributed by atoms with Crippen molar-refractivity contribution in [1.29, 1.82) is 0 Å². The maximum Gasteiger partial charge on any atom is 0.322 e. The largest absolute Gasteiger partial charge is 0.323 e. The minimum Gasteiger partial charge on any atom is -0.323 e. The Morgan fingerprint density at radius 1 is 1.00 bits per heavy atom. The first-order valence-corrected chi connectivity index (χ1v) is 11.3. The maximum absolute atomic E-state index is 13.3. The zero-order valence-electron chi connectivity index (χ0n) is 16.1. The summed E-state index contributed by atoms with van der Waals surface area (Å²) in [6.07, 6.45) is 2.91. The first kappa shape index (κ1) is 20.2. The monoisotopic (exact) mass is 424 g/mol. The number of hydrogen-bond acceptors (Lipinski definition) is 4. The normalized spacial score (nSPS) is 27.2. The van der Waals surface area contributed by atoms with Gasteiger partial charge < -0.3 is 5.32 Å². The molecule has 10 heteroatoms. The lowest BCUT2D eigenvalue weighted by atomic mass is 9.74. The molecule has 0 spiro atoms. The molecule has 2 N–H and O–H groups in total. The summed E-state index contributed by atoms with van der Waals surface area (Å²) in [5.74, 6) is -1.00.